The lowest BCUT2D eigenvalue weighted by Crippen LogP contribution is -2.00. The number of nitriles is 1. The normalized spacial score (nSPS) is 11.1. The van der Waals surface area contributed by atoms with Gasteiger partial charge in [0.15, 0.2) is 9.84 Å². The molecule has 6 nitrogen and oxygen atoms in total. The number of benzene rings is 2. The molecule has 0 saturated heterocycles. The fourth-order valence-electron chi connectivity index (χ4n) is 2.57. The fraction of sp³-hybridized carbons (Fsp3) is 0.0526. The van der Waals surface area contributed by atoms with Crippen LogP contribution in [-0.2, 0) is 9.84 Å². The molecule has 0 atom stereocenters. The Labute approximate surface area is 151 Å². The summed E-state index contributed by atoms with van der Waals surface area (Å²) >= 11 is 0. The zero-order valence-corrected chi connectivity index (χ0v) is 14.7. The Hall–Kier alpha value is -3.37. The predicted octanol–water partition coefficient (Wildman–Crippen LogP) is 2.98. The van der Waals surface area contributed by atoms with E-state index >= 15 is 0 Å². The van der Waals surface area contributed by atoms with Crippen molar-refractivity contribution >= 4 is 15.7 Å². The molecule has 26 heavy (non-hydrogen) atoms. The molecule has 0 bridgehead atoms. The topological polar surface area (TPSA) is 117 Å². The van der Waals surface area contributed by atoms with Crippen molar-refractivity contribution in [2.45, 2.75) is 4.90 Å². The van der Waals surface area contributed by atoms with Crippen LogP contribution >= 0.6 is 0 Å². The van der Waals surface area contributed by atoms with Crippen LogP contribution in [0.15, 0.2) is 59.5 Å². The third-order valence-corrected chi connectivity index (χ3v) is 5.04. The highest BCUT2D eigenvalue weighted by Gasteiger charge is 2.14. The number of sulfone groups is 1. The van der Waals surface area contributed by atoms with Gasteiger partial charge in [0.2, 0.25) is 0 Å². The summed E-state index contributed by atoms with van der Waals surface area (Å²) < 4.78 is 23.2. The molecule has 130 valence electrons. The number of hydrogen-bond acceptors (Lipinski definition) is 6. The maximum absolute atomic E-state index is 11.6. The molecule has 0 radical (unpaired) electrons. The predicted molar refractivity (Wildman–Crippen MR) is 99.0 cm³/mol. The van der Waals surface area contributed by atoms with E-state index in [0.29, 0.717) is 22.4 Å². The number of aromatic hydroxyl groups is 1. The highest BCUT2D eigenvalue weighted by Crippen LogP contribution is 2.32. The number of nitrogens with two attached hydrogens (primary N) is 1. The number of aromatic nitrogens is 1. The van der Waals surface area contributed by atoms with Crippen LogP contribution in [-0.4, -0.2) is 24.8 Å². The van der Waals surface area contributed by atoms with Crippen LogP contribution in [0.3, 0.4) is 0 Å². The van der Waals surface area contributed by atoms with Crippen molar-refractivity contribution in [3.63, 3.8) is 0 Å². The molecule has 0 unspecified atom stereocenters. The molecular weight excluding hydrogens is 350 g/mol. The molecule has 1 aromatic heterocycles. The summed E-state index contributed by atoms with van der Waals surface area (Å²) in [5, 5.41) is 18.9. The van der Waals surface area contributed by atoms with Gasteiger partial charge < -0.3 is 10.8 Å². The number of anilines is 1. The molecule has 0 spiro atoms. The molecule has 0 amide bonds. The van der Waals surface area contributed by atoms with E-state index in [9.17, 15) is 18.8 Å². The molecule has 7 heteroatoms. The quantitative estimate of drug-likeness (QED) is 0.737. The SMILES string of the molecule is CS(=O)(=O)c1ccc(-c2cc(-c3ccc(O)cc3)c(C#N)c(N)n2)cc1. The van der Waals surface area contributed by atoms with Crippen molar-refractivity contribution in [2.24, 2.45) is 0 Å². The number of nitrogen functional groups attached to an aromatic ring is 1. The van der Waals surface area contributed by atoms with E-state index in [1.54, 1.807) is 30.3 Å². The summed E-state index contributed by atoms with van der Waals surface area (Å²) in [5.74, 6) is 0.200. The van der Waals surface area contributed by atoms with Gasteiger partial charge in [-0.25, -0.2) is 13.4 Å². The Morgan fingerprint density at radius 1 is 1.04 bits per heavy atom. The smallest absolute Gasteiger partial charge is 0.175 e. The summed E-state index contributed by atoms with van der Waals surface area (Å²) in [6.07, 6.45) is 1.14. The third kappa shape index (κ3) is 3.36. The van der Waals surface area contributed by atoms with Crippen molar-refractivity contribution in [3.8, 4) is 34.2 Å². The average molecular weight is 365 g/mol. The molecule has 0 aliphatic rings. The lowest BCUT2D eigenvalue weighted by molar-refractivity contribution is 0.475. The second-order valence-corrected chi connectivity index (χ2v) is 7.79. The molecule has 3 rings (SSSR count). The number of hydrogen-bond donors (Lipinski definition) is 2. The van der Waals surface area contributed by atoms with E-state index in [1.165, 1.54) is 24.3 Å². The maximum Gasteiger partial charge on any atom is 0.175 e. The van der Waals surface area contributed by atoms with Crippen LogP contribution in [0.25, 0.3) is 22.4 Å². The van der Waals surface area contributed by atoms with Crippen molar-refractivity contribution in [1.82, 2.24) is 4.98 Å². The summed E-state index contributed by atoms with van der Waals surface area (Å²) in [4.78, 5) is 4.48. The molecular formula is C19H15N3O3S. The van der Waals surface area contributed by atoms with Gasteiger partial charge in [-0.3, -0.25) is 0 Å². The van der Waals surface area contributed by atoms with E-state index in [1.807, 2.05) is 0 Å². The minimum absolute atomic E-state index is 0.0836. The number of rotatable bonds is 3. The third-order valence-electron chi connectivity index (χ3n) is 3.92. The summed E-state index contributed by atoms with van der Waals surface area (Å²) in [6.45, 7) is 0. The number of phenols is 1. The van der Waals surface area contributed by atoms with Crippen LogP contribution < -0.4 is 5.73 Å². The highest BCUT2D eigenvalue weighted by molar-refractivity contribution is 7.90. The van der Waals surface area contributed by atoms with Crippen LogP contribution in [0.1, 0.15) is 5.56 Å². The second-order valence-electron chi connectivity index (χ2n) is 5.77. The average Bonchev–Trinajstić information content (AvgIpc) is 2.61. The van der Waals surface area contributed by atoms with Gasteiger partial charge in [0, 0.05) is 17.4 Å². The summed E-state index contributed by atoms with van der Waals surface area (Å²) in [7, 11) is -3.29. The molecule has 3 aromatic rings. The van der Waals surface area contributed by atoms with Gasteiger partial charge in [-0.2, -0.15) is 5.26 Å². The molecule has 0 aliphatic heterocycles. The zero-order valence-electron chi connectivity index (χ0n) is 13.8. The lowest BCUT2D eigenvalue weighted by Gasteiger charge is -2.11. The first-order valence-electron chi connectivity index (χ1n) is 7.60. The van der Waals surface area contributed by atoms with E-state index < -0.39 is 9.84 Å². The molecule has 0 saturated carbocycles. The maximum atomic E-state index is 11.6. The van der Waals surface area contributed by atoms with Crippen molar-refractivity contribution in [2.75, 3.05) is 12.0 Å². The standard InChI is InChI=1S/C19H15N3O3S/c1-26(24,25)15-8-4-13(5-9-15)18-10-16(17(11-20)19(21)22-18)12-2-6-14(23)7-3-12/h2-10,23H,1H3,(H2,21,22). The van der Waals surface area contributed by atoms with Crippen molar-refractivity contribution in [3.05, 3.63) is 60.2 Å². The van der Waals surface area contributed by atoms with Crippen molar-refractivity contribution in [1.29, 1.82) is 5.26 Å². The molecule has 3 N–H and O–H groups in total. The van der Waals surface area contributed by atoms with Crippen LogP contribution in [0.4, 0.5) is 5.82 Å². The van der Waals surface area contributed by atoms with Crippen molar-refractivity contribution < 1.29 is 13.5 Å². The largest absolute Gasteiger partial charge is 0.508 e. The molecule has 1 heterocycles. The van der Waals surface area contributed by atoms with E-state index in [2.05, 4.69) is 11.1 Å². The molecule has 2 aromatic carbocycles. The van der Waals surface area contributed by atoms with Crippen LogP contribution in [0.2, 0.25) is 0 Å². The van der Waals surface area contributed by atoms with E-state index in [-0.39, 0.29) is 22.0 Å². The first kappa shape index (κ1) is 17.5. The number of phenolic OH excluding ortho intramolecular Hbond substituents is 1. The minimum atomic E-state index is -3.29. The van der Waals surface area contributed by atoms with E-state index in [4.69, 9.17) is 5.73 Å². The Bertz CT molecular complexity index is 1110. The van der Waals surface area contributed by atoms with Gasteiger partial charge in [-0.1, -0.05) is 24.3 Å². The van der Waals surface area contributed by atoms with Crippen LogP contribution in [0.5, 0.6) is 5.75 Å². The van der Waals surface area contributed by atoms with Gasteiger partial charge in [0.05, 0.1) is 10.6 Å². The summed E-state index contributed by atoms with van der Waals surface area (Å²) in [6, 6.07) is 16.5. The number of pyridine rings is 1. The number of nitrogens with zero attached hydrogens (tertiary/aromatic N) is 2. The monoisotopic (exact) mass is 365 g/mol. The highest BCUT2D eigenvalue weighted by atomic mass is 32.2. The Balaban J connectivity index is 2.15. The Morgan fingerprint density at radius 3 is 2.15 bits per heavy atom. The van der Waals surface area contributed by atoms with Gasteiger partial charge in [-0.05, 0) is 35.9 Å². The van der Waals surface area contributed by atoms with Gasteiger partial charge >= 0.3 is 0 Å². The summed E-state index contributed by atoms with van der Waals surface area (Å²) in [5.41, 5.74) is 8.69. The molecule has 0 fully saturated rings. The fourth-order valence-corrected chi connectivity index (χ4v) is 3.20. The van der Waals surface area contributed by atoms with Gasteiger partial charge in [0.1, 0.15) is 23.2 Å². The van der Waals surface area contributed by atoms with E-state index in [0.717, 1.165) is 6.26 Å². The molecule has 0 aliphatic carbocycles. The van der Waals surface area contributed by atoms with Gasteiger partial charge in [-0.15, -0.1) is 0 Å². The van der Waals surface area contributed by atoms with Gasteiger partial charge in [0.25, 0.3) is 0 Å². The Kier molecular flexibility index (Phi) is 4.36. The lowest BCUT2D eigenvalue weighted by atomic mass is 9.98. The first-order chi connectivity index (χ1) is 12.3. The van der Waals surface area contributed by atoms with Crippen LogP contribution in [0, 0.1) is 11.3 Å². The Morgan fingerprint density at radius 2 is 1.62 bits per heavy atom. The first-order valence-corrected chi connectivity index (χ1v) is 9.49. The second kappa shape index (κ2) is 6.50. The zero-order chi connectivity index (χ0) is 18.9. The minimum Gasteiger partial charge on any atom is -0.508 e.